The monoisotopic (exact) mass is 544 g/mol. The Hall–Kier alpha value is -3.27. The van der Waals surface area contributed by atoms with E-state index < -0.39 is 0 Å². The van der Waals surface area contributed by atoms with E-state index in [-0.39, 0.29) is 12.1 Å². The van der Waals surface area contributed by atoms with Crippen molar-refractivity contribution in [3.63, 3.8) is 0 Å². The van der Waals surface area contributed by atoms with Crippen LogP contribution in [0.2, 0.25) is 0 Å². The van der Waals surface area contributed by atoms with Crippen molar-refractivity contribution in [2.45, 2.75) is 57.7 Å². The number of thiazole rings is 1. The minimum atomic E-state index is -0.308. The number of hydrogen-bond donors (Lipinski definition) is 2. The molecule has 0 spiro atoms. The standard InChI is InChI=1S/C30H36N6O2S/c1-20(2)35-13-15-36(16-14-35)29-10-7-21(19-32-29)26-17-23(11-12-31-26)38-22-8-9-25-28(18-22)39-30(34-25)33-24-5-3-4-6-27(24)37/h7-12,17-20,24,27,37H,3-6,13-16H2,1-2H3,(H,33,34)/t24-,27-/m1/s1. The lowest BCUT2D eigenvalue weighted by Gasteiger charge is -2.37. The summed E-state index contributed by atoms with van der Waals surface area (Å²) in [5, 5.41) is 14.6. The van der Waals surface area contributed by atoms with Crippen molar-refractivity contribution < 1.29 is 9.84 Å². The molecule has 9 heteroatoms. The summed E-state index contributed by atoms with van der Waals surface area (Å²) in [5.41, 5.74) is 2.71. The zero-order chi connectivity index (χ0) is 26.8. The van der Waals surface area contributed by atoms with Gasteiger partial charge in [-0.05, 0) is 57.0 Å². The summed E-state index contributed by atoms with van der Waals surface area (Å²) >= 11 is 1.59. The largest absolute Gasteiger partial charge is 0.457 e. The predicted octanol–water partition coefficient (Wildman–Crippen LogP) is 5.79. The Labute approximate surface area is 233 Å². The Morgan fingerprint density at radius 3 is 2.56 bits per heavy atom. The average Bonchev–Trinajstić information content (AvgIpc) is 3.36. The SMILES string of the molecule is CC(C)N1CCN(c2ccc(-c3cc(Oc4ccc5nc(N[C@@H]6CCCC[C@H]6O)sc5c4)ccn3)cn2)CC1. The molecule has 0 unspecified atom stereocenters. The van der Waals surface area contributed by atoms with Crippen molar-refractivity contribution in [3.8, 4) is 22.8 Å². The number of aliphatic hydroxyl groups excluding tert-OH is 1. The van der Waals surface area contributed by atoms with Gasteiger partial charge in [-0.25, -0.2) is 9.97 Å². The summed E-state index contributed by atoms with van der Waals surface area (Å²) in [5.74, 6) is 2.49. The highest BCUT2D eigenvalue weighted by atomic mass is 32.1. The minimum Gasteiger partial charge on any atom is -0.457 e. The maximum Gasteiger partial charge on any atom is 0.184 e. The Morgan fingerprint density at radius 2 is 1.79 bits per heavy atom. The molecule has 1 saturated carbocycles. The third-order valence-electron chi connectivity index (χ3n) is 7.78. The van der Waals surface area contributed by atoms with Crippen LogP contribution in [-0.4, -0.2) is 69.3 Å². The molecule has 2 atom stereocenters. The number of benzene rings is 1. The van der Waals surface area contributed by atoms with Crippen LogP contribution in [0.15, 0.2) is 54.9 Å². The van der Waals surface area contributed by atoms with E-state index in [1.807, 2.05) is 36.5 Å². The van der Waals surface area contributed by atoms with Gasteiger partial charge in [0.2, 0.25) is 0 Å². The lowest BCUT2D eigenvalue weighted by Crippen LogP contribution is -2.49. The third-order valence-corrected chi connectivity index (χ3v) is 8.73. The van der Waals surface area contributed by atoms with E-state index in [4.69, 9.17) is 14.7 Å². The molecule has 6 rings (SSSR count). The topological polar surface area (TPSA) is 86.6 Å². The molecule has 2 aliphatic rings. The summed E-state index contributed by atoms with van der Waals surface area (Å²) in [6.45, 7) is 8.63. The predicted molar refractivity (Wildman–Crippen MR) is 158 cm³/mol. The second-order valence-corrected chi connectivity index (χ2v) is 11.8. The Morgan fingerprint density at radius 1 is 0.974 bits per heavy atom. The molecule has 1 aliphatic carbocycles. The fourth-order valence-corrected chi connectivity index (χ4v) is 6.39. The first-order valence-electron chi connectivity index (χ1n) is 14.0. The number of anilines is 2. The molecular weight excluding hydrogens is 508 g/mol. The minimum absolute atomic E-state index is 0.0731. The summed E-state index contributed by atoms with van der Waals surface area (Å²) in [7, 11) is 0. The highest BCUT2D eigenvalue weighted by molar-refractivity contribution is 7.22. The Bertz CT molecular complexity index is 1400. The lowest BCUT2D eigenvalue weighted by molar-refractivity contribution is 0.116. The van der Waals surface area contributed by atoms with Crippen LogP contribution in [0.5, 0.6) is 11.5 Å². The summed E-state index contributed by atoms with van der Waals surface area (Å²) in [6, 6.07) is 14.6. The molecule has 0 bridgehead atoms. The number of ether oxygens (including phenoxy) is 1. The normalized spacial score (nSPS) is 20.5. The number of nitrogens with one attached hydrogen (secondary N) is 1. The van der Waals surface area contributed by atoms with Gasteiger partial charge in [0.15, 0.2) is 5.13 Å². The first kappa shape index (κ1) is 26.0. The van der Waals surface area contributed by atoms with Gasteiger partial charge in [0, 0.05) is 62.3 Å². The molecule has 204 valence electrons. The molecule has 8 nitrogen and oxygen atoms in total. The molecule has 2 fully saturated rings. The van der Waals surface area contributed by atoms with Crippen LogP contribution in [-0.2, 0) is 0 Å². The van der Waals surface area contributed by atoms with Gasteiger partial charge in [-0.2, -0.15) is 0 Å². The number of piperazine rings is 1. The fourth-order valence-electron chi connectivity index (χ4n) is 5.43. The number of nitrogens with zero attached hydrogens (tertiary/aromatic N) is 5. The molecule has 0 radical (unpaired) electrons. The maximum atomic E-state index is 10.3. The number of aromatic nitrogens is 3. The van der Waals surface area contributed by atoms with E-state index >= 15 is 0 Å². The lowest BCUT2D eigenvalue weighted by atomic mass is 9.93. The van der Waals surface area contributed by atoms with Crippen LogP contribution in [0.4, 0.5) is 10.9 Å². The van der Waals surface area contributed by atoms with Gasteiger partial charge in [0.05, 0.1) is 28.1 Å². The van der Waals surface area contributed by atoms with Gasteiger partial charge < -0.3 is 20.1 Å². The van der Waals surface area contributed by atoms with Gasteiger partial charge >= 0.3 is 0 Å². The number of fused-ring (bicyclic) bond motifs is 1. The van der Waals surface area contributed by atoms with Gasteiger partial charge in [-0.1, -0.05) is 24.2 Å². The Balaban J connectivity index is 1.12. The van der Waals surface area contributed by atoms with Crippen LogP contribution in [0, 0.1) is 0 Å². The van der Waals surface area contributed by atoms with Crippen LogP contribution in [0.25, 0.3) is 21.5 Å². The van der Waals surface area contributed by atoms with E-state index in [1.54, 1.807) is 17.5 Å². The molecule has 3 aromatic heterocycles. The second-order valence-electron chi connectivity index (χ2n) is 10.8. The van der Waals surface area contributed by atoms with E-state index in [0.717, 1.165) is 95.8 Å². The van der Waals surface area contributed by atoms with Crippen molar-refractivity contribution in [1.82, 2.24) is 19.9 Å². The average molecular weight is 545 g/mol. The number of pyridine rings is 2. The number of rotatable bonds is 7. The van der Waals surface area contributed by atoms with Crippen LogP contribution < -0.4 is 15.0 Å². The summed E-state index contributed by atoms with van der Waals surface area (Å²) < 4.78 is 7.26. The molecule has 0 amide bonds. The summed E-state index contributed by atoms with van der Waals surface area (Å²) in [6.07, 6.45) is 7.42. The second kappa shape index (κ2) is 11.5. The van der Waals surface area contributed by atoms with Gasteiger partial charge in [-0.15, -0.1) is 0 Å². The molecule has 2 N–H and O–H groups in total. The molecule has 4 heterocycles. The maximum absolute atomic E-state index is 10.3. The van der Waals surface area contributed by atoms with Gasteiger partial charge in [0.1, 0.15) is 17.3 Å². The van der Waals surface area contributed by atoms with E-state index in [2.05, 4.69) is 46.1 Å². The Kier molecular flexibility index (Phi) is 7.63. The molecule has 4 aromatic rings. The van der Waals surface area contributed by atoms with Gasteiger partial charge in [-0.3, -0.25) is 9.88 Å². The zero-order valence-corrected chi connectivity index (χ0v) is 23.4. The van der Waals surface area contributed by atoms with Crippen LogP contribution in [0.1, 0.15) is 39.5 Å². The first-order valence-corrected chi connectivity index (χ1v) is 14.8. The van der Waals surface area contributed by atoms with Crippen LogP contribution in [0.3, 0.4) is 0 Å². The summed E-state index contributed by atoms with van der Waals surface area (Å²) in [4.78, 5) is 18.9. The highest BCUT2D eigenvalue weighted by Crippen LogP contribution is 2.33. The van der Waals surface area contributed by atoms with E-state index in [9.17, 15) is 5.11 Å². The molecule has 1 saturated heterocycles. The van der Waals surface area contributed by atoms with Crippen molar-refractivity contribution in [3.05, 3.63) is 54.9 Å². The quantitative estimate of drug-likeness (QED) is 0.302. The number of aliphatic hydroxyl groups is 1. The highest BCUT2D eigenvalue weighted by Gasteiger charge is 2.24. The number of hydrogen-bond acceptors (Lipinski definition) is 9. The van der Waals surface area contributed by atoms with Crippen LogP contribution >= 0.6 is 11.3 Å². The van der Waals surface area contributed by atoms with Crippen molar-refractivity contribution >= 4 is 32.5 Å². The molecule has 39 heavy (non-hydrogen) atoms. The van der Waals surface area contributed by atoms with Crippen molar-refractivity contribution in [2.24, 2.45) is 0 Å². The molecule has 1 aliphatic heterocycles. The van der Waals surface area contributed by atoms with E-state index in [1.165, 1.54) is 0 Å². The van der Waals surface area contributed by atoms with Crippen molar-refractivity contribution in [2.75, 3.05) is 36.4 Å². The molecular formula is C30H36N6O2S. The zero-order valence-electron chi connectivity index (χ0n) is 22.6. The van der Waals surface area contributed by atoms with Gasteiger partial charge in [0.25, 0.3) is 0 Å². The first-order chi connectivity index (χ1) is 19.0. The van der Waals surface area contributed by atoms with Crippen molar-refractivity contribution in [1.29, 1.82) is 0 Å². The third kappa shape index (κ3) is 6.00. The molecule has 1 aromatic carbocycles. The fraction of sp³-hybridized carbons (Fsp3) is 0.433. The smallest absolute Gasteiger partial charge is 0.184 e. The van der Waals surface area contributed by atoms with E-state index in [0.29, 0.717) is 6.04 Å².